The monoisotopic (exact) mass is 226 g/mol. The Labute approximate surface area is 89.4 Å². The number of hydrogen-bond acceptors (Lipinski definition) is 4. The molecule has 1 aromatic carbocycles. The Morgan fingerprint density at radius 2 is 2.27 bits per heavy atom. The molecule has 0 amide bonds. The maximum absolute atomic E-state index is 10.6. The van der Waals surface area contributed by atoms with Crippen molar-refractivity contribution < 1.29 is 4.92 Å². The molecule has 6 nitrogen and oxygen atoms in total. The second-order valence-electron chi connectivity index (χ2n) is 3.09. The van der Waals surface area contributed by atoms with Crippen LogP contribution in [0.1, 0.15) is 0 Å². The zero-order chi connectivity index (χ0) is 11.2. The molecular formula is C8H7ClN4O2. The molecule has 2 rings (SSSR count). The van der Waals surface area contributed by atoms with Crippen molar-refractivity contribution in [3.05, 3.63) is 27.3 Å². The Morgan fingerprint density at radius 3 is 2.87 bits per heavy atom. The van der Waals surface area contributed by atoms with Gasteiger partial charge in [-0.2, -0.15) is 5.10 Å². The van der Waals surface area contributed by atoms with Crippen molar-refractivity contribution in [3.8, 4) is 0 Å². The summed E-state index contributed by atoms with van der Waals surface area (Å²) in [5.41, 5.74) is 6.08. The predicted molar refractivity (Wildman–Crippen MR) is 56.8 cm³/mol. The van der Waals surface area contributed by atoms with E-state index >= 15 is 0 Å². The van der Waals surface area contributed by atoms with E-state index < -0.39 is 4.92 Å². The minimum absolute atomic E-state index is 0.0906. The molecule has 0 radical (unpaired) electrons. The number of rotatable bonds is 1. The number of non-ortho nitro benzene ring substituents is 1. The average molecular weight is 227 g/mol. The highest BCUT2D eigenvalue weighted by atomic mass is 35.5. The van der Waals surface area contributed by atoms with Crippen LogP contribution in [-0.2, 0) is 7.05 Å². The molecule has 0 saturated heterocycles. The van der Waals surface area contributed by atoms with Gasteiger partial charge in [0.05, 0.1) is 15.3 Å². The highest BCUT2D eigenvalue weighted by Crippen LogP contribution is 2.31. The van der Waals surface area contributed by atoms with E-state index in [1.165, 1.54) is 16.8 Å². The fourth-order valence-corrected chi connectivity index (χ4v) is 1.62. The first-order valence-corrected chi connectivity index (χ1v) is 4.44. The number of hydrogen-bond donors (Lipinski definition) is 1. The lowest BCUT2D eigenvalue weighted by atomic mass is 10.2. The second kappa shape index (κ2) is 3.09. The van der Waals surface area contributed by atoms with Crippen LogP contribution in [0.2, 0.25) is 5.02 Å². The Kier molecular flexibility index (Phi) is 2.01. The van der Waals surface area contributed by atoms with E-state index in [4.69, 9.17) is 17.3 Å². The van der Waals surface area contributed by atoms with Crippen molar-refractivity contribution in [3.63, 3.8) is 0 Å². The van der Waals surface area contributed by atoms with Gasteiger partial charge in [-0.25, -0.2) is 0 Å². The number of halogens is 1. The van der Waals surface area contributed by atoms with Crippen LogP contribution in [0.5, 0.6) is 0 Å². The van der Waals surface area contributed by atoms with Crippen LogP contribution in [0.15, 0.2) is 12.1 Å². The highest BCUT2D eigenvalue weighted by molar-refractivity contribution is 6.35. The molecule has 1 heterocycles. The largest absolute Gasteiger partial charge is 0.383 e. The van der Waals surface area contributed by atoms with Crippen LogP contribution in [0.3, 0.4) is 0 Å². The molecule has 2 N–H and O–H groups in total. The Balaban J connectivity index is 2.85. The van der Waals surface area contributed by atoms with E-state index in [9.17, 15) is 10.1 Å². The van der Waals surface area contributed by atoms with Gasteiger partial charge in [-0.1, -0.05) is 11.6 Å². The number of anilines is 1. The number of benzene rings is 1. The minimum Gasteiger partial charge on any atom is -0.383 e. The van der Waals surface area contributed by atoms with Gasteiger partial charge >= 0.3 is 0 Å². The molecule has 15 heavy (non-hydrogen) atoms. The number of nitro groups is 1. The number of nitro benzene ring substituents is 1. The zero-order valence-corrected chi connectivity index (χ0v) is 8.52. The van der Waals surface area contributed by atoms with Crippen LogP contribution in [0.4, 0.5) is 11.5 Å². The highest BCUT2D eigenvalue weighted by Gasteiger charge is 2.15. The molecule has 0 spiro atoms. The number of nitrogens with two attached hydrogens (primary N) is 1. The minimum atomic E-state index is -0.516. The molecular weight excluding hydrogens is 220 g/mol. The van der Waals surface area contributed by atoms with Crippen molar-refractivity contribution in [2.45, 2.75) is 0 Å². The van der Waals surface area contributed by atoms with E-state index in [0.29, 0.717) is 16.7 Å². The molecule has 1 aromatic heterocycles. The Hall–Kier alpha value is -1.82. The van der Waals surface area contributed by atoms with Gasteiger partial charge in [-0.3, -0.25) is 14.8 Å². The summed E-state index contributed by atoms with van der Waals surface area (Å²) in [5, 5.41) is 15.4. The van der Waals surface area contributed by atoms with Crippen molar-refractivity contribution in [2.24, 2.45) is 7.05 Å². The van der Waals surface area contributed by atoms with Crippen molar-refractivity contribution in [1.82, 2.24) is 9.78 Å². The van der Waals surface area contributed by atoms with Gasteiger partial charge in [0.25, 0.3) is 5.69 Å². The molecule has 78 valence electrons. The third-order valence-corrected chi connectivity index (χ3v) is 2.42. The second-order valence-corrected chi connectivity index (χ2v) is 3.50. The zero-order valence-electron chi connectivity index (χ0n) is 7.77. The Morgan fingerprint density at radius 1 is 1.60 bits per heavy atom. The van der Waals surface area contributed by atoms with Crippen LogP contribution in [-0.4, -0.2) is 14.7 Å². The molecule has 0 aliphatic heterocycles. The van der Waals surface area contributed by atoms with Crippen LogP contribution in [0.25, 0.3) is 10.9 Å². The van der Waals surface area contributed by atoms with Gasteiger partial charge < -0.3 is 5.73 Å². The smallest absolute Gasteiger partial charge is 0.271 e. The maximum atomic E-state index is 10.6. The summed E-state index contributed by atoms with van der Waals surface area (Å²) in [5.74, 6) is 0.357. The topological polar surface area (TPSA) is 87.0 Å². The average Bonchev–Trinajstić information content (AvgIpc) is 2.45. The number of nitrogen functional groups attached to an aromatic ring is 1. The van der Waals surface area contributed by atoms with E-state index in [1.54, 1.807) is 7.05 Å². The molecule has 7 heteroatoms. The summed E-state index contributed by atoms with van der Waals surface area (Å²) in [6, 6.07) is 2.62. The van der Waals surface area contributed by atoms with Gasteiger partial charge in [0.2, 0.25) is 0 Å². The number of nitrogens with zero attached hydrogens (tertiary/aromatic N) is 3. The van der Waals surface area contributed by atoms with Crippen molar-refractivity contribution >= 4 is 34.0 Å². The van der Waals surface area contributed by atoms with Crippen molar-refractivity contribution in [2.75, 3.05) is 5.73 Å². The third-order valence-electron chi connectivity index (χ3n) is 2.13. The first kappa shape index (κ1) is 9.72. The number of fused-ring (bicyclic) bond motifs is 1. The van der Waals surface area contributed by atoms with Crippen LogP contribution < -0.4 is 5.73 Å². The molecule has 0 aliphatic carbocycles. The molecule has 0 atom stereocenters. The SMILES string of the molecule is Cn1nc2c(Cl)cc([N+](=O)[O-])cc2c1N. The molecule has 0 saturated carbocycles. The van der Waals surface area contributed by atoms with Gasteiger partial charge in [0.15, 0.2) is 0 Å². The first-order valence-electron chi connectivity index (χ1n) is 4.07. The maximum Gasteiger partial charge on any atom is 0.271 e. The fourth-order valence-electron chi connectivity index (χ4n) is 1.37. The van der Waals surface area contributed by atoms with E-state index in [1.807, 2.05) is 0 Å². The van der Waals surface area contributed by atoms with Gasteiger partial charge in [0, 0.05) is 19.2 Å². The lowest BCUT2D eigenvalue weighted by Gasteiger charge is -1.94. The summed E-state index contributed by atoms with van der Waals surface area (Å²) in [6.45, 7) is 0. The molecule has 0 fully saturated rings. The van der Waals surface area contributed by atoms with E-state index in [2.05, 4.69) is 5.10 Å². The quantitative estimate of drug-likeness (QED) is 0.592. The molecule has 2 aromatic rings. The molecule has 0 unspecified atom stereocenters. The van der Waals surface area contributed by atoms with Gasteiger partial charge in [0.1, 0.15) is 11.3 Å². The van der Waals surface area contributed by atoms with E-state index in [-0.39, 0.29) is 10.7 Å². The standard InChI is InChI=1S/C8H7ClN4O2/c1-12-8(10)5-2-4(13(14)15)3-6(9)7(5)11-12/h2-3H,10H2,1H3. The lowest BCUT2D eigenvalue weighted by Crippen LogP contribution is -1.96. The predicted octanol–water partition coefficient (Wildman–Crippen LogP) is 1.72. The van der Waals surface area contributed by atoms with Gasteiger partial charge in [-0.05, 0) is 0 Å². The summed E-state index contributed by atoms with van der Waals surface area (Å²) < 4.78 is 1.43. The van der Waals surface area contributed by atoms with Gasteiger partial charge in [-0.15, -0.1) is 0 Å². The number of aryl methyl sites for hydroxylation is 1. The third kappa shape index (κ3) is 1.39. The summed E-state index contributed by atoms with van der Waals surface area (Å²) in [6.07, 6.45) is 0. The van der Waals surface area contributed by atoms with Crippen LogP contribution in [0, 0.1) is 10.1 Å². The summed E-state index contributed by atoms with van der Waals surface area (Å²) in [4.78, 5) is 10.1. The van der Waals surface area contributed by atoms with Crippen molar-refractivity contribution in [1.29, 1.82) is 0 Å². The molecule has 0 bridgehead atoms. The first-order chi connectivity index (χ1) is 7.00. The summed E-state index contributed by atoms with van der Waals surface area (Å²) >= 11 is 5.86. The van der Waals surface area contributed by atoms with Crippen LogP contribution >= 0.6 is 11.6 Å². The number of aromatic nitrogens is 2. The lowest BCUT2D eigenvalue weighted by molar-refractivity contribution is -0.384. The summed E-state index contributed by atoms with van der Waals surface area (Å²) in [7, 11) is 1.65. The van der Waals surface area contributed by atoms with E-state index in [0.717, 1.165) is 0 Å². The molecule has 0 aliphatic rings. The normalized spacial score (nSPS) is 10.8. The fraction of sp³-hybridized carbons (Fsp3) is 0.125. The Bertz CT molecular complexity index is 563.